The Kier molecular flexibility index (Phi) is 2.17. The lowest BCUT2D eigenvalue weighted by Gasteiger charge is -2.07. The van der Waals surface area contributed by atoms with Crippen LogP contribution in [0.15, 0.2) is 48.5 Å². The van der Waals surface area contributed by atoms with Crippen molar-refractivity contribution in [1.29, 1.82) is 0 Å². The van der Waals surface area contributed by atoms with Crippen molar-refractivity contribution in [3.8, 4) is 11.1 Å². The van der Waals surface area contributed by atoms with Gasteiger partial charge < -0.3 is 5.73 Å². The van der Waals surface area contributed by atoms with Gasteiger partial charge in [-0.1, -0.05) is 30.3 Å². The first-order valence-electron chi connectivity index (χ1n) is 6.16. The minimum Gasteiger partial charge on any atom is -0.384 e. The Morgan fingerprint density at radius 1 is 1.00 bits per heavy atom. The van der Waals surface area contributed by atoms with E-state index in [1.807, 2.05) is 42.5 Å². The summed E-state index contributed by atoms with van der Waals surface area (Å²) in [4.78, 5) is 4.36. The van der Waals surface area contributed by atoms with Crippen LogP contribution < -0.4 is 5.73 Å². The van der Waals surface area contributed by atoms with E-state index in [9.17, 15) is 0 Å². The number of benzene rings is 1. The molecule has 2 N–H and O–H groups in total. The van der Waals surface area contributed by atoms with E-state index in [1.54, 1.807) is 10.6 Å². The molecule has 0 bridgehead atoms. The van der Waals surface area contributed by atoms with Crippen LogP contribution in [0.1, 0.15) is 0 Å². The maximum atomic E-state index is 5.78. The molecule has 3 heterocycles. The number of nitrogens with zero attached hydrogens (tertiary/aromatic N) is 5. The second-order valence-electron chi connectivity index (χ2n) is 4.48. The van der Waals surface area contributed by atoms with Gasteiger partial charge in [0.2, 0.25) is 0 Å². The fraction of sp³-hybridized carbons (Fsp3) is 0. The lowest BCUT2D eigenvalue weighted by atomic mass is 10.0. The number of rotatable bonds is 1. The van der Waals surface area contributed by atoms with Crippen molar-refractivity contribution in [1.82, 2.24) is 25.0 Å². The molecule has 96 valence electrons. The van der Waals surface area contributed by atoms with Crippen molar-refractivity contribution in [3.05, 3.63) is 48.5 Å². The zero-order valence-electron chi connectivity index (χ0n) is 10.4. The average Bonchev–Trinajstić information content (AvgIpc) is 2.96. The van der Waals surface area contributed by atoms with E-state index in [0.29, 0.717) is 17.1 Å². The second-order valence-corrected chi connectivity index (χ2v) is 4.48. The molecule has 1 aromatic carbocycles. The normalized spacial score (nSPS) is 11.2. The van der Waals surface area contributed by atoms with Crippen molar-refractivity contribution in [3.63, 3.8) is 0 Å². The Morgan fingerprint density at radius 2 is 1.85 bits per heavy atom. The molecule has 6 nitrogen and oxygen atoms in total. The molecule has 0 aliphatic heterocycles. The largest absolute Gasteiger partial charge is 0.384 e. The van der Waals surface area contributed by atoms with Gasteiger partial charge >= 0.3 is 0 Å². The molecule has 4 rings (SSSR count). The summed E-state index contributed by atoms with van der Waals surface area (Å²) < 4.78 is 1.60. The average molecular weight is 262 g/mol. The second kappa shape index (κ2) is 3.99. The molecule has 0 radical (unpaired) electrons. The third-order valence-electron chi connectivity index (χ3n) is 3.24. The molecule has 0 saturated heterocycles. The van der Waals surface area contributed by atoms with Gasteiger partial charge in [0.1, 0.15) is 5.82 Å². The van der Waals surface area contributed by atoms with Gasteiger partial charge in [0.15, 0.2) is 11.3 Å². The zero-order valence-corrected chi connectivity index (χ0v) is 10.4. The Hall–Kier alpha value is -3.02. The number of pyridine rings is 2. The molecule has 0 aliphatic rings. The minimum absolute atomic E-state index is 0.444. The minimum atomic E-state index is 0.444. The van der Waals surface area contributed by atoms with Crippen LogP contribution in [-0.4, -0.2) is 25.0 Å². The van der Waals surface area contributed by atoms with Crippen LogP contribution in [0.4, 0.5) is 5.82 Å². The molecule has 0 unspecified atom stereocenters. The smallest absolute Gasteiger partial charge is 0.182 e. The van der Waals surface area contributed by atoms with Crippen molar-refractivity contribution < 1.29 is 0 Å². The van der Waals surface area contributed by atoms with E-state index in [2.05, 4.69) is 20.5 Å². The van der Waals surface area contributed by atoms with Gasteiger partial charge in [0.25, 0.3) is 0 Å². The number of anilines is 1. The quantitative estimate of drug-likeness (QED) is 0.566. The van der Waals surface area contributed by atoms with Gasteiger partial charge in [-0.2, -0.15) is 4.52 Å². The van der Waals surface area contributed by atoms with Gasteiger partial charge in [-0.3, -0.25) is 0 Å². The molecule has 20 heavy (non-hydrogen) atoms. The van der Waals surface area contributed by atoms with E-state index in [1.165, 1.54) is 0 Å². The first kappa shape index (κ1) is 10.9. The molecule has 0 spiro atoms. The molecule has 0 fully saturated rings. The van der Waals surface area contributed by atoms with Crippen LogP contribution in [0.5, 0.6) is 0 Å². The number of tetrazole rings is 1. The van der Waals surface area contributed by atoms with Gasteiger partial charge in [-0.05, 0) is 39.8 Å². The summed E-state index contributed by atoms with van der Waals surface area (Å²) in [5, 5.41) is 12.6. The van der Waals surface area contributed by atoms with Crippen LogP contribution >= 0.6 is 0 Å². The number of fused-ring (bicyclic) bond motifs is 3. The zero-order chi connectivity index (χ0) is 13.5. The molecule has 3 aromatic heterocycles. The number of aromatic nitrogens is 5. The third kappa shape index (κ3) is 1.51. The molecule has 0 saturated carbocycles. The molecule has 4 aromatic rings. The fourth-order valence-corrected chi connectivity index (χ4v) is 2.33. The SMILES string of the molecule is Nc1ccc2c(-c3ccccc3)cc3nnnn3c2n1. The van der Waals surface area contributed by atoms with Crippen molar-refractivity contribution in [2.24, 2.45) is 0 Å². The standard InChI is InChI=1S/C14H10N6/c15-12-7-6-10-11(9-4-2-1-3-5-9)8-13-17-18-19-20(13)14(10)16-12/h1-8H,(H2,15,16). The molecule has 6 heteroatoms. The molecular formula is C14H10N6. The Labute approximate surface area is 113 Å². The first-order chi connectivity index (χ1) is 9.83. The van der Waals surface area contributed by atoms with E-state index in [4.69, 9.17) is 5.73 Å². The van der Waals surface area contributed by atoms with Crippen LogP contribution in [0.25, 0.3) is 27.8 Å². The maximum absolute atomic E-state index is 5.78. The van der Waals surface area contributed by atoms with E-state index >= 15 is 0 Å². The monoisotopic (exact) mass is 262 g/mol. The highest BCUT2D eigenvalue weighted by Crippen LogP contribution is 2.29. The molecular weight excluding hydrogens is 252 g/mol. The van der Waals surface area contributed by atoms with Gasteiger partial charge in [-0.25, -0.2) is 4.98 Å². The van der Waals surface area contributed by atoms with E-state index in [-0.39, 0.29) is 0 Å². The summed E-state index contributed by atoms with van der Waals surface area (Å²) in [6.07, 6.45) is 0. The van der Waals surface area contributed by atoms with Gasteiger partial charge in [0.05, 0.1) is 0 Å². The summed E-state index contributed by atoms with van der Waals surface area (Å²) in [7, 11) is 0. The summed E-state index contributed by atoms with van der Waals surface area (Å²) in [6, 6.07) is 15.8. The lowest BCUT2D eigenvalue weighted by Crippen LogP contribution is -1.98. The topological polar surface area (TPSA) is 82.0 Å². The van der Waals surface area contributed by atoms with E-state index in [0.717, 1.165) is 16.5 Å². The Bertz CT molecular complexity index is 913. The number of nitrogen functional groups attached to an aromatic ring is 1. The lowest BCUT2D eigenvalue weighted by molar-refractivity contribution is 0.836. The Balaban J connectivity index is 2.18. The van der Waals surface area contributed by atoms with E-state index < -0.39 is 0 Å². The number of nitrogens with two attached hydrogens (primary N) is 1. The highest BCUT2D eigenvalue weighted by molar-refractivity contribution is 5.95. The Morgan fingerprint density at radius 3 is 2.70 bits per heavy atom. The van der Waals surface area contributed by atoms with Crippen LogP contribution in [-0.2, 0) is 0 Å². The highest BCUT2D eigenvalue weighted by atomic mass is 15.5. The number of hydrogen-bond donors (Lipinski definition) is 1. The summed E-state index contributed by atoms with van der Waals surface area (Å²) in [6.45, 7) is 0. The van der Waals surface area contributed by atoms with Crippen LogP contribution in [0.2, 0.25) is 0 Å². The van der Waals surface area contributed by atoms with Crippen LogP contribution in [0.3, 0.4) is 0 Å². The summed E-state index contributed by atoms with van der Waals surface area (Å²) >= 11 is 0. The summed E-state index contributed by atoms with van der Waals surface area (Å²) in [5.74, 6) is 0.444. The van der Waals surface area contributed by atoms with Crippen molar-refractivity contribution in [2.45, 2.75) is 0 Å². The first-order valence-corrected chi connectivity index (χ1v) is 6.16. The highest BCUT2D eigenvalue weighted by Gasteiger charge is 2.11. The molecule has 0 aliphatic carbocycles. The fourth-order valence-electron chi connectivity index (χ4n) is 2.33. The van der Waals surface area contributed by atoms with Crippen LogP contribution in [0, 0.1) is 0 Å². The molecule has 0 atom stereocenters. The third-order valence-corrected chi connectivity index (χ3v) is 3.24. The molecule has 0 amide bonds. The van der Waals surface area contributed by atoms with Gasteiger partial charge in [-0.15, -0.1) is 5.10 Å². The number of hydrogen-bond acceptors (Lipinski definition) is 5. The maximum Gasteiger partial charge on any atom is 0.182 e. The predicted octanol–water partition coefficient (Wildman–Crippen LogP) is 1.92. The predicted molar refractivity (Wildman–Crippen MR) is 75.9 cm³/mol. The summed E-state index contributed by atoms with van der Waals surface area (Å²) in [5.41, 5.74) is 9.22. The van der Waals surface area contributed by atoms with Crippen molar-refractivity contribution >= 4 is 22.5 Å². The van der Waals surface area contributed by atoms with Gasteiger partial charge in [0, 0.05) is 5.39 Å². The van der Waals surface area contributed by atoms with Crippen molar-refractivity contribution in [2.75, 3.05) is 5.73 Å².